The molecule has 0 radical (unpaired) electrons. The highest BCUT2D eigenvalue weighted by molar-refractivity contribution is 5.30. The molecule has 0 saturated heterocycles. The molecule has 0 atom stereocenters. The molecular formula is C10H17N3O2. The molecule has 84 valence electrons. The molecule has 0 fully saturated rings. The molecule has 2 N–H and O–H groups in total. The van der Waals surface area contributed by atoms with Gasteiger partial charge in [0.25, 0.3) is 0 Å². The Morgan fingerprint density at radius 2 is 2.13 bits per heavy atom. The molecular weight excluding hydrogens is 194 g/mol. The minimum atomic E-state index is 0.409. The number of nitrogen functional groups attached to an aromatic ring is 1. The number of unbranched alkanes of at least 4 members (excludes halogenated alkanes) is 1. The molecule has 0 amide bonds. The summed E-state index contributed by atoms with van der Waals surface area (Å²) >= 11 is 0. The van der Waals surface area contributed by atoms with E-state index in [0.29, 0.717) is 24.9 Å². The first-order valence-corrected chi connectivity index (χ1v) is 5.11. The molecule has 0 unspecified atom stereocenters. The largest absolute Gasteiger partial charge is 0.475 e. The van der Waals surface area contributed by atoms with Crippen LogP contribution in [0.2, 0.25) is 0 Å². The third kappa shape index (κ3) is 5.17. The van der Waals surface area contributed by atoms with E-state index in [9.17, 15) is 0 Å². The third-order valence-corrected chi connectivity index (χ3v) is 1.78. The number of hydrogen-bond donors (Lipinski definition) is 1. The summed E-state index contributed by atoms with van der Waals surface area (Å²) in [6, 6.07) is 1.59. The summed E-state index contributed by atoms with van der Waals surface area (Å²) in [4.78, 5) is 7.67. The Bertz CT molecular complexity index is 281. The van der Waals surface area contributed by atoms with Gasteiger partial charge in [-0.15, -0.1) is 0 Å². The van der Waals surface area contributed by atoms with Gasteiger partial charge >= 0.3 is 0 Å². The van der Waals surface area contributed by atoms with Gasteiger partial charge in [0, 0.05) is 12.7 Å². The summed E-state index contributed by atoms with van der Waals surface area (Å²) in [5.74, 6) is 0.897. The topological polar surface area (TPSA) is 70.3 Å². The van der Waals surface area contributed by atoms with Gasteiger partial charge in [0.05, 0.1) is 6.61 Å². The Balaban J connectivity index is 2.10. The smallest absolute Gasteiger partial charge is 0.218 e. The minimum absolute atomic E-state index is 0.409. The van der Waals surface area contributed by atoms with Crippen LogP contribution in [-0.4, -0.2) is 29.8 Å². The number of rotatable bonds is 7. The lowest BCUT2D eigenvalue weighted by molar-refractivity contribution is 0.0965. The van der Waals surface area contributed by atoms with Gasteiger partial charge in [0.1, 0.15) is 18.8 Å². The van der Waals surface area contributed by atoms with Gasteiger partial charge in [-0.05, 0) is 6.42 Å². The molecule has 5 nitrogen and oxygen atoms in total. The summed E-state index contributed by atoms with van der Waals surface area (Å²) in [5.41, 5.74) is 5.47. The molecule has 1 aromatic rings. The highest BCUT2D eigenvalue weighted by Gasteiger charge is 1.96. The lowest BCUT2D eigenvalue weighted by Crippen LogP contribution is -2.08. The number of hydrogen-bond acceptors (Lipinski definition) is 5. The van der Waals surface area contributed by atoms with Crippen molar-refractivity contribution in [2.45, 2.75) is 19.8 Å². The van der Waals surface area contributed by atoms with Crippen LogP contribution in [0.3, 0.4) is 0 Å². The zero-order valence-corrected chi connectivity index (χ0v) is 8.98. The van der Waals surface area contributed by atoms with Crippen molar-refractivity contribution in [3.63, 3.8) is 0 Å². The van der Waals surface area contributed by atoms with E-state index in [2.05, 4.69) is 16.9 Å². The minimum Gasteiger partial charge on any atom is -0.475 e. The van der Waals surface area contributed by atoms with Gasteiger partial charge in [-0.3, -0.25) is 0 Å². The monoisotopic (exact) mass is 211 g/mol. The van der Waals surface area contributed by atoms with Crippen LogP contribution < -0.4 is 10.5 Å². The molecule has 15 heavy (non-hydrogen) atoms. The van der Waals surface area contributed by atoms with Crippen LogP contribution in [0, 0.1) is 0 Å². The van der Waals surface area contributed by atoms with Crippen LogP contribution in [-0.2, 0) is 4.74 Å². The van der Waals surface area contributed by atoms with Crippen molar-refractivity contribution in [3.8, 4) is 5.88 Å². The molecule has 1 heterocycles. The molecule has 5 heteroatoms. The Kier molecular flexibility index (Phi) is 5.47. The quantitative estimate of drug-likeness (QED) is 0.687. The number of anilines is 1. The number of nitrogens with two attached hydrogens (primary N) is 1. The standard InChI is InChI=1S/C10H17N3O2/c1-2-3-4-14-5-6-15-10-7-9(11)12-8-13-10/h7-8H,2-6H2,1H3,(H2,11,12,13). The first-order valence-electron chi connectivity index (χ1n) is 5.11. The Hall–Kier alpha value is -1.36. The van der Waals surface area contributed by atoms with E-state index in [-0.39, 0.29) is 0 Å². The van der Waals surface area contributed by atoms with E-state index in [1.165, 1.54) is 6.33 Å². The second-order valence-electron chi connectivity index (χ2n) is 3.10. The van der Waals surface area contributed by atoms with E-state index in [4.69, 9.17) is 15.2 Å². The van der Waals surface area contributed by atoms with Gasteiger partial charge in [-0.25, -0.2) is 9.97 Å². The summed E-state index contributed by atoms with van der Waals surface area (Å²) in [6.45, 7) is 3.97. The van der Waals surface area contributed by atoms with Crippen LogP contribution in [0.4, 0.5) is 5.82 Å². The number of nitrogens with zero attached hydrogens (tertiary/aromatic N) is 2. The van der Waals surface area contributed by atoms with Gasteiger partial charge in [0.15, 0.2) is 0 Å². The summed E-state index contributed by atoms with van der Waals surface area (Å²) in [6.07, 6.45) is 3.60. The lowest BCUT2D eigenvalue weighted by Gasteiger charge is -2.05. The van der Waals surface area contributed by atoms with Crippen molar-refractivity contribution in [2.75, 3.05) is 25.6 Å². The van der Waals surface area contributed by atoms with Crippen molar-refractivity contribution in [1.82, 2.24) is 9.97 Å². The molecule has 0 aliphatic carbocycles. The highest BCUT2D eigenvalue weighted by Crippen LogP contribution is 2.06. The van der Waals surface area contributed by atoms with E-state index in [1.54, 1.807) is 6.07 Å². The van der Waals surface area contributed by atoms with Crippen LogP contribution in [0.1, 0.15) is 19.8 Å². The van der Waals surface area contributed by atoms with Crippen LogP contribution in [0.15, 0.2) is 12.4 Å². The fourth-order valence-corrected chi connectivity index (χ4v) is 0.986. The van der Waals surface area contributed by atoms with Gasteiger partial charge in [-0.2, -0.15) is 0 Å². The Morgan fingerprint density at radius 3 is 2.87 bits per heavy atom. The molecule has 1 aromatic heterocycles. The van der Waals surface area contributed by atoms with Crippen molar-refractivity contribution in [2.24, 2.45) is 0 Å². The second kappa shape index (κ2) is 7.00. The van der Waals surface area contributed by atoms with Gasteiger partial charge in [-0.1, -0.05) is 13.3 Å². The van der Waals surface area contributed by atoms with Crippen molar-refractivity contribution in [3.05, 3.63) is 12.4 Å². The van der Waals surface area contributed by atoms with Crippen LogP contribution in [0.5, 0.6) is 5.88 Å². The normalized spacial score (nSPS) is 10.2. The average Bonchev–Trinajstić information content (AvgIpc) is 2.23. The maximum absolute atomic E-state index is 5.47. The first kappa shape index (κ1) is 11.7. The predicted molar refractivity (Wildman–Crippen MR) is 57.7 cm³/mol. The van der Waals surface area contributed by atoms with E-state index in [0.717, 1.165) is 19.4 Å². The average molecular weight is 211 g/mol. The highest BCUT2D eigenvalue weighted by atomic mass is 16.5. The SMILES string of the molecule is CCCCOCCOc1cc(N)ncn1. The summed E-state index contributed by atoms with van der Waals surface area (Å²) < 4.78 is 10.6. The van der Waals surface area contributed by atoms with E-state index in [1.807, 2.05) is 0 Å². The van der Waals surface area contributed by atoms with Gasteiger partial charge in [0.2, 0.25) is 5.88 Å². The summed E-state index contributed by atoms with van der Waals surface area (Å²) in [7, 11) is 0. The zero-order chi connectivity index (χ0) is 10.9. The molecule has 0 aliphatic rings. The Labute approximate surface area is 89.6 Å². The van der Waals surface area contributed by atoms with E-state index < -0.39 is 0 Å². The van der Waals surface area contributed by atoms with Crippen molar-refractivity contribution < 1.29 is 9.47 Å². The van der Waals surface area contributed by atoms with Crippen molar-refractivity contribution in [1.29, 1.82) is 0 Å². The molecule has 1 rings (SSSR count). The number of aromatic nitrogens is 2. The summed E-state index contributed by atoms with van der Waals surface area (Å²) in [5, 5.41) is 0. The molecule has 0 spiro atoms. The fraction of sp³-hybridized carbons (Fsp3) is 0.600. The molecule has 0 bridgehead atoms. The third-order valence-electron chi connectivity index (χ3n) is 1.78. The zero-order valence-electron chi connectivity index (χ0n) is 8.98. The lowest BCUT2D eigenvalue weighted by atomic mass is 10.4. The van der Waals surface area contributed by atoms with Crippen molar-refractivity contribution >= 4 is 5.82 Å². The first-order chi connectivity index (χ1) is 7.33. The van der Waals surface area contributed by atoms with Crippen LogP contribution in [0.25, 0.3) is 0 Å². The maximum atomic E-state index is 5.47. The maximum Gasteiger partial charge on any atom is 0.218 e. The van der Waals surface area contributed by atoms with Crippen LogP contribution >= 0.6 is 0 Å². The predicted octanol–water partition coefficient (Wildman–Crippen LogP) is 1.25. The van der Waals surface area contributed by atoms with Gasteiger partial charge < -0.3 is 15.2 Å². The fourth-order valence-electron chi connectivity index (χ4n) is 0.986. The number of ether oxygens (including phenoxy) is 2. The second-order valence-corrected chi connectivity index (χ2v) is 3.10. The molecule has 0 aromatic carbocycles. The Morgan fingerprint density at radius 1 is 1.27 bits per heavy atom. The van der Waals surface area contributed by atoms with E-state index >= 15 is 0 Å². The molecule has 0 saturated carbocycles. The molecule has 0 aliphatic heterocycles.